The third-order valence-electron chi connectivity index (χ3n) is 25.1. The highest BCUT2D eigenvalue weighted by Gasteiger charge is 2.50. The van der Waals surface area contributed by atoms with Crippen molar-refractivity contribution in [2.24, 2.45) is 23.7 Å². The minimum atomic E-state index is -1.51. The van der Waals surface area contributed by atoms with Gasteiger partial charge < -0.3 is 86.7 Å². The molecule has 136 heavy (non-hydrogen) atoms. The van der Waals surface area contributed by atoms with Crippen molar-refractivity contribution in [3.05, 3.63) is 187 Å². The number of anilines is 4. The Bertz CT molecular complexity index is 5140. The number of halogens is 4. The lowest BCUT2D eigenvalue weighted by Gasteiger charge is -2.24. The number of ketones is 2. The molecule has 18 atom stereocenters. The lowest BCUT2D eigenvalue weighted by molar-refractivity contribution is -0.154. The van der Waals surface area contributed by atoms with E-state index in [4.69, 9.17) is 56.8 Å². The molecule has 0 saturated carbocycles. The maximum absolute atomic E-state index is 14.9. The summed E-state index contributed by atoms with van der Waals surface area (Å²) in [6.45, 7) is 39.9. The molecule has 4 aromatic carbocycles. The normalized spacial score (nSPS) is 29.8. The minimum absolute atomic E-state index is 0.140. The summed E-state index contributed by atoms with van der Waals surface area (Å²) in [7, 11) is 6.64. The van der Waals surface area contributed by atoms with E-state index in [0.29, 0.717) is 102 Å². The summed E-state index contributed by atoms with van der Waals surface area (Å²) in [4.78, 5) is 132. The highest BCUT2D eigenvalue weighted by atomic mass is 19.1. The Kier molecular flexibility index (Phi) is 35.9. The number of nitrogens with zero attached hydrogens (tertiary/aromatic N) is 4. The molecule has 32 heteroatoms. The van der Waals surface area contributed by atoms with E-state index in [1.807, 2.05) is 0 Å². The first-order valence-corrected chi connectivity index (χ1v) is 45.6. The lowest BCUT2D eigenvalue weighted by Crippen LogP contribution is -2.36. The van der Waals surface area contributed by atoms with Gasteiger partial charge in [0.2, 0.25) is 35.2 Å². The van der Waals surface area contributed by atoms with Gasteiger partial charge >= 0.3 is 23.9 Å². The number of fused-ring (bicyclic) bond motifs is 8. The highest BCUT2D eigenvalue weighted by molar-refractivity contribution is 6.03. The summed E-state index contributed by atoms with van der Waals surface area (Å²) in [5, 5.41) is 21.3. The molecule has 0 aliphatic carbocycles. The van der Waals surface area contributed by atoms with Gasteiger partial charge in [-0.3, -0.25) is 28.8 Å². The summed E-state index contributed by atoms with van der Waals surface area (Å²) in [5.74, 6) is -14.0. The van der Waals surface area contributed by atoms with Crippen LogP contribution >= 0.6 is 0 Å². The first-order valence-electron chi connectivity index (χ1n) is 45.6. The fraction of sp³-hybridized carbons (Fsp3) is 0.519. The third-order valence-corrected chi connectivity index (χ3v) is 25.1. The molecule has 4 saturated heterocycles. The standard InChI is InChI=1S/2C26H34FNO6.2C26H32FNO6/c4*1-14-12-20(27)23(30)24-21(33-26(5,6)34-24)10-8-9-18-13-19(28(7)17(4)29)11-15(2)22(18)25(31)32-16(14)3/h2*8-9,11-14,16,21,23-24,30H,10H2,1-7H3;2*8-9,11-14,16,21,24H,10H2,1-7H3/b4*9-8?,20-12+/t14-,16+,21+,23?,24+;14-,16+,21-,23?,24-;14-,16+,21+,24+;14-,16+,21-,24-/m1111/s1. The van der Waals surface area contributed by atoms with E-state index < -0.39 is 191 Å². The number of Topliss-reactive ketones (excluding diaryl/α,β-unsaturated/α-hetero) is 2. The van der Waals surface area contributed by atoms with Crippen LogP contribution in [0.3, 0.4) is 0 Å². The Balaban J connectivity index is 0.000000203. The van der Waals surface area contributed by atoms with Crippen molar-refractivity contribution in [1.29, 1.82) is 0 Å². The largest absolute Gasteiger partial charge is 0.458 e. The minimum Gasteiger partial charge on any atom is -0.458 e. The number of amides is 4. The van der Waals surface area contributed by atoms with Crippen LogP contribution in [0.4, 0.5) is 40.3 Å². The van der Waals surface area contributed by atoms with E-state index in [0.717, 1.165) is 12.2 Å². The summed E-state index contributed by atoms with van der Waals surface area (Å²) < 4.78 is 129. The molecule has 2 unspecified atom stereocenters. The molecule has 12 rings (SSSR count). The van der Waals surface area contributed by atoms with Crippen molar-refractivity contribution in [2.45, 2.75) is 300 Å². The zero-order chi connectivity index (χ0) is 101. The molecule has 0 aromatic heterocycles. The molecule has 0 bridgehead atoms. The molecule has 8 heterocycles. The van der Waals surface area contributed by atoms with Crippen molar-refractivity contribution < 1.29 is 133 Å². The Morgan fingerprint density at radius 1 is 0.331 bits per heavy atom. The molecule has 2 N–H and O–H groups in total. The van der Waals surface area contributed by atoms with Gasteiger partial charge in [0, 0.05) is 102 Å². The van der Waals surface area contributed by atoms with Crippen molar-refractivity contribution in [2.75, 3.05) is 47.8 Å². The molecule has 740 valence electrons. The molecule has 0 spiro atoms. The van der Waals surface area contributed by atoms with Gasteiger partial charge in [-0.15, -0.1) is 0 Å². The van der Waals surface area contributed by atoms with Crippen LogP contribution in [0.5, 0.6) is 0 Å². The van der Waals surface area contributed by atoms with Crippen LogP contribution in [0.1, 0.15) is 250 Å². The van der Waals surface area contributed by atoms with E-state index in [1.54, 1.807) is 264 Å². The fourth-order valence-corrected chi connectivity index (χ4v) is 16.5. The van der Waals surface area contributed by atoms with Crippen molar-refractivity contribution in [3.63, 3.8) is 0 Å². The number of carbonyl (C=O) groups is 10. The summed E-state index contributed by atoms with van der Waals surface area (Å²) >= 11 is 0. The van der Waals surface area contributed by atoms with Crippen molar-refractivity contribution in [1.82, 2.24) is 0 Å². The van der Waals surface area contributed by atoms with E-state index in [-0.39, 0.29) is 36.5 Å². The number of aliphatic hydroxyl groups excluding tert-OH is 2. The maximum Gasteiger partial charge on any atom is 0.339 e. The average molecular weight is 1900 g/mol. The van der Waals surface area contributed by atoms with Gasteiger partial charge in [-0.25, -0.2) is 36.7 Å². The van der Waals surface area contributed by atoms with E-state index in [2.05, 4.69) is 0 Å². The van der Waals surface area contributed by atoms with Crippen LogP contribution < -0.4 is 19.6 Å². The number of esters is 4. The van der Waals surface area contributed by atoms with Crippen LogP contribution in [0, 0.1) is 51.4 Å². The number of benzene rings is 4. The van der Waals surface area contributed by atoms with Crippen LogP contribution in [-0.2, 0) is 85.6 Å². The Morgan fingerprint density at radius 2 is 0.544 bits per heavy atom. The van der Waals surface area contributed by atoms with Crippen LogP contribution in [0.15, 0.2) is 120 Å². The van der Waals surface area contributed by atoms with Crippen molar-refractivity contribution in [3.8, 4) is 0 Å². The second-order valence-corrected chi connectivity index (χ2v) is 37.9. The number of hydrogen-bond acceptors (Lipinski definition) is 24. The Labute approximate surface area is 794 Å². The lowest BCUT2D eigenvalue weighted by atomic mass is 9.96. The van der Waals surface area contributed by atoms with E-state index >= 15 is 0 Å². The molecule has 4 aromatic rings. The average Bonchev–Trinajstić information content (AvgIpc) is 1.38. The second kappa shape index (κ2) is 44.8. The zero-order valence-electron chi connectivity index (χ0n) is 82.9. The SMILES string of the molecule is CC(=O)N(C)c1cc(C)c2c(c1)C=CC[C@@H]1OC(C)(C)O[C@@H]1C(=O)/C(F)=C\[C@@H](C)[C@H](C)OC2=O.CC(=O)N(C)c1cc(C)c2c(c1)C=CC[C@@H]1OC(C)(C)O[C@@H]1C(O)/C(F)=C\[C@@H](C)[C@H](C)OC2=O.CC(=O)N(C)c1cc(C)c2c(c1)C=CC[C@H]1OC(C)(C)O[C@H]1C(=O)/C(F)=C\[C@@H](C)[C@H](C)OC2=O.CC(=O)N(C)c1cc(C)c2c(c1)C=CC[C@H]1OC(C)(C)O[C@H]1C(O)/C(F)=C\[C@@H](C)[C@H](C)OC2=O. The topological polar surface area (TPSA) is 335 Å². The monoisotopic (exact) mass is 1900 g/mol. The van der Waals surface area contributed by atoms with E-state index in [9.17, 15) is 75.7 Å². The van der Waals surface area contributed by atoms with Gasteiger partial charge in [-0.05, 0) is 254 Å². The molecule has 0 radical (unpaired) electrons. The molecule has 4 amide bonds. The number of carbonyl (C=O) groups excluding carboxylic acids is 10. The molecule has 8 aliphatic heterocycles. The van der Waals surface area contributed by atoms with Gasteiger partial charge in [0.1, 0.15) is 60.5 Å². The number of aryl methyl sites for hydroxylation is 4. The number of hydrogen-bond donors (Lipinski definition) is 2. The number of aliphatic hydroxyl groups is 2. The number of cyclic esters (lactones) is 4. The molecule has 28 nitrogen and oxygen atoms in total. The summed E-state index contributed by atoms with van der Waals surface area (Å²) in [6.07, 6.45) is 7.65. The van der Waals surface area contributed by atoms with E-state index in [1.165, 1.54) is 59.4 Å². The molecule has 4 fully saturated rings. The first-order chi connectivity index (χ1) is 63.2. The van der Waals surface area contributed by atoms with Gasteiger partial charge in [0.25, 0.3) is 0 Å². The van der Waals surface area contributed by atoms with Gasteiger partial charge in [-0.2, -0.15) is 0 Å². The Hall–Kier alpha value is -10.8. The number of ether oxygens (including phenoxy) is 12. The first kappa shape index (κ1) is 109. The van der Waals surface area contributed by atoms with Crippen molar-refractivity contribution >= 4 is 106 Å². The molecular formula is C104H132F4N4O24. The zero-order valence-corrected chi connectivity index (χ0v) is 82.9. The third kappa shape index (κ3) is 27.0. The fourth-order valence-electron chi connectivity index (χ4n) is 16.5. The quantitative estimate of drug-likeness (QED) is 0.109. The van der Waals surface area contributed by atoms with Crippen LogP contribution in [0.2, 0.25) is 0 Å². The van der Waals surface area contributed by atoms with Gasteiger partial charge in [0.05, 0.1) is 46.7 Å². The predicted octanol–water partition coefficient (Wildman–Crippen LogP) is 17.7. The second-order valence-electron chi connectivity index (χ2n) is 37.9. The van der Waals surface area contributed by atoms with Crippen LogP contribution in [-0.4, -0.2) is 206 Å². The summed E-state index contributed by atoms with van der Waals surface area (Å²) in [6, 6.07) is 14.0. The number of rotatable bonds is 4. The van der Waals surface area contributed by atoms with Gasteiger partial charge in [0.15, 0.2) is 47.0 Å². The summed E-state index contributed by atoms with van der Waals surface area (Å²) in [5.41, 5.74) is 8.87. The van der Waals surface area contributed by atoms with Gasteiger partial charge in [-0.1, -0.05) is 76.3 Å². The molecule has 8 aliphatic rings. The molecular weight excluding hydrogens is 1770 g/mol. The Morgan fingerprint density at radius 3 is 0.779 bits per heavy atom. The highest BCUT2D eigenvalue weighted by Crippen LogP contribution is 2.42. The predicted molar refractivity (Wildman–Crippen MR) is 506 cm³/mol. The maximum atomic E-state index is 14.9. The van der Waals surface area contributed by atoms with Crippen LogP contribution in [0.25, 0.3) is 24.3 Å². The smallest absolute Gasteiger partial charge is 0.339 e.